The number of benzene rings is 1. The van der Waals surface area contributed by atoms with E-state index >= 15 is 0 Å². The summed E-state index contributed by atoms with van der Waals surface area (Å²) in [4.78, 5) is 24.2. The van der Waals surface area contributed by atoms with E-state index < -0.39 is 11.7 Å². The van der Waals surface area contributed by atoms with Gasteiger partial charge in [0.2, 0.25) is 0 Å². The number of nitrogens with one attached hydrogen (secondary N) is 1. The summed E-state index contributed by atoms with van der Waals surface area (Å²) in [6.45, 7) is 2.91. The van der Waals surface area contributed by atoms with Gasteiger partial charge in [-0.1, -0.05) is 0 Å². The number of likely N-dealkylation sites (tertiary alicyclic amines) is 1. The molecule has 1 amide bonds. The summed E-state index contributed by atoms with van der Waals surface area (Å²) >= 11 is 0. The third kappa shape index (κ3) is 3.02. The number of carbonyl (C=O) groups excluding carboxylic acids is 1. The molecule has 4 heterocycles. The minimum Gasteiger partial charge on any atom is -0.305 e. The molecule has 0 aliphatic carbocycles. The number of nitrogens with zero attached hydrogens (tertiary/aromatic N) is 6. The van der Waals surface area contributed by atoms with Crippen LogP contribution in [0.15, 0.2) is 30.7 Å². The van der Waals surface area contributed by atoms with Gasteiger partial charge in [-0.15, -0.1) is 0 Å². The van der Waals surface area contributed by atoms with Gasteiger partial charge in [0.25, 0.3) is 5.91 Å². The number of aryl methyl sites for hydroxylation is 2. The van der Waals surface area contributed by atoms with Crippen molar-refractivity contribution in [2.45, 2.75) is 25.8 Å². The molecule has 1 saturated heterocycles. The molecule has 8 nitrogen and oxygen atoms in total. The van der Waals surface area contributed by atoms with Crippen molar-refractivity contribution in [2.24, 2.45) is 7.05 Å². The van der Waals surface area contributed by atoms with Gasteiger partial charge in [0.05, 0.1) is 40.9 Å². The van der Waals surface area contributed by atoms with Gasteiger partial charge in [0.15, 0.2) is 5.65 Å². The molecule has 0 bridgehead atoms. The van der Waals surface area contributed by atoms with Crippen LogP contribution in [0.2, 0.25) is 0 Å². The smallest absolute Gasteiger partial charge is 0.259 e. The Morgan fingerprint density at radius 2 is 2.07 bits per heavy atom. The van der Waals surface area contributed by atoms with E-state index in [-0.39, 0.29) is 5.56 Å². The molecule has 0 spiro atoms. The Bertz CT molecular complexity index is 1290. The summed E-state index contributed by atoms with van der Waals surface area (Å²) in [5, 5.41) is 7.51. The quantitative estimate of drug-likeness (QED) is 0.565. The minimum absolute atomic E-state index is 0.0473. The Kier molecular flexibility index (Phi) is 4.28. The van der Waals surface area contributed by atoms with Crippen molar-refractivity contribution >= 4 is 28.3 Å². The van der Waals surface area contributed by atoms with Crippen LogP contribution in [-0.2, 0) is 7.05 Å². The van der Waals surface area contributed by atoms with Crippen LogP contribution >= 0.6 is 0 Å². The molecule has 9 heteroatoms. The molecule has 4 aromatic rings. The molecule has 1 aromatic carbocycles. The fourth-order valence-corrected chi connectivity index (χ4v) is 4.21. The van der Waals surface area contributed by atoms with E-state index in [0.717, 1.165) is 30.7 Å². The summed E-state index contributed by atoms with van der Waals surface area (Å²) in [5.74, 6) is -0.810. The lowest BCUT2D eigenvalue weighted by molar-refractivity contribution is 0.102. The molecule has 1 N–H and O–H groups in total. The molecule has 1 fully saturated rings. The summed E-state index contributed by atoms with van der Waals surface area (Å²) in [7, 11) is 3.83. The number of carbonyl (C=O) groups is 1. The average molecular weight is 407 g/mol. The first-order valence-corrected chi connectivity index (χ1v) is 9.90. The molecule has 3 aromatic heterocycles. The molecule has 0 saturated carbocycles. The molecule has 0 radical (unpaired) electrons. The van der Waals surface area contributed by atoms with Crippen LogP contribution in [0.3, 0.4) is 0 Å². The van der Waals surface area contributed by atoms with Crippen molar-refractivity contribution < 1.29 is 9.18 Å². The number of amides is 1. The van der Waals surface area contributed by atoms with Crippen LogP contribution in [0, 0.1) is 12.7 Å². The standard InChI is InChI=1S/C21H22FN7O/c1-12-20-25-16(17-5-4-6-27(17)2)10-29(20)11-19(24-12)26-21(30)14-7-13-9-23-28(3)18(13)8-15(14)22/h7-11,17H,4-6H2,1-3H3,(H,26,30)/t17-/m1/s1. The summed E-state index contributed by atoms with van der Waals surface area (Å²) in [5.41, 5.74) is 3.03. The molecule has 1 atom stereocenters. The molecule has 0 unspecified atom stereocenters. The van der Waals surface area contributed by atoms with Gasteiger partial charge < -0.3 is 9.72 Å². The summed E-state index contributed by atoms with van der Waals surface area (Å²) in [6, 6.07) is 3.12. The zero-order valence-corrected chi connectivity index (χ0v) is 17.1. The number of halogens is 1. The predicted octanol–water partition coefficient (Wildman–Crippen LogP) is 3.08. The first kappa shape index (κ1) is 18.7. The average Bonchev–Trinajstić information content (AvgIpc) is 3.40. The highest BCUT2D eigenvalue weighted by molar-refractivity contribution is 6.06. The van der Waals surface area contributed by atoms with Crippen LogP contribution in [-0.4, -0.2) is 48.5 Å². The second-order valence-electron chi connectivity index (χ2n) is 7.86. The van der Waals surface area contributed by atoms with E-state index in [1.165, 1.54) is 12.1 Å². The lowest BCUT2D eigenvalue weighted by Gasteiger charge is -2.16. The summed E-state index contributed by atoms with van der Waals surface area (Å²) in [6.07, 6.45) is 7.53. The van der Waals surface area contributed by atoms with E-state index in [4.69, 9.17) is 4.98 Å². The fourth-order valence-electron chi connectivity index (χ4n) is 4.21. The largest absolute Gasteiger partial charge is 0.305 e. The molecule has 154 valence electrons. The minimum atomic E-state index is -0.601. The molecule has 5 rings (SSSR count). The lowest BCUT2D eigenvalue weighted by atomic mass is 10.1. The van der Waals surface area contributed by atoms with E-state index in [1.54, 1.807) is 24.1 Å². The Hall–Kier alpha value is -3.33. The van der Waals surface area contributed by atoms with Gasteiger partial charge >= 0.3 is 0 Å². The lowest BCUT2D eigenvalue weighted by Crippen LogP contribution is -2.17. The molecule has 1 aliphatic rings. The molecular weight excluding hydrogens is 385 g/mol. The molecule has 30 heavy (non-hydrogen) atoms. The van der Waals surface area contributed by atoms with Gasteiger partial charge in [-0.05, 0) is 39.4 Å². The zero-order valence-electron chi connectivity index (χ0n) is 17.1. The van der Waals surface area contributed by atoms with Gasteiger partial charge in [-0.3, -0.25) is 14.4 Å². The third-order valence-corrected chi connectivity index (χ3v) is 5.81. The number of hydrogen-bond acceptors (Lipinski definition) is 5. The second kappa shape index (κ2) is 6.88. The monoisotopic (exact) mass is 407 g/mol. The third-order valence-electron chi connectivity index (χ3n) is 5.81. The maximum atomic E-state index is 14.5. The highest BCUT2D eigenvalue weighted by Gasteiger charge is 2.25. The Morgan fingerprint density at radius 1 is 1.23 bits per heavy atom. The fraction of sp³-hybridized carbons (Fsp3) is 0.333. The highest BCUT2D eigenvalue weighted by atomic mass is 19.1. The zero-order chi connectivity index (χ0) is 21.0. The number of rotatable bonds is 3. The van der Waals surface area contributed by atoms with Crippen molar-refractivity contribution in [1.29, 1.82) is 0 Å². The van der Waals surface area contributed by atoms with E-state index in [9.17, 15) is 9.18 Å². The molecular formula is C21H22FN7O. The normalized spacial score (nSPS) is 17.3. The Balaban J connectivity index is 1.46. The van der Waals surface area contributed by atoms with Crippen LogP contribution in [0.25, 0.3) is 16.6 Å². The van der Waals surface area contributed by atoms with Crippen LogP contribution in [0.4, 0.5) is 10.2 Å². The Labute approximate surface area is 172 Å². The summed E-state index contributed by atoms with van der Waals surface area (Å²) < 4.78 is 18.0. The van der Waals surface area contributed by atoms with Crippen molar-refractivity contribution in [1.82, 2.24) is 29.0 Å². The van der Waals surface area contributed by atoms with E-state index in [0.29, 0.717) is 28.5 Å². The number of hydrogen-bond donors (Lipinski definition) is 1. The first-order chi connectivity index (χ1) is 14.4. The van der Waals surface area contributed by atoms with Gasteiger partial charge in [0.1, 0.15) is 11.6 Å². The predicted molar refractivity (Wildman–Crippen MR) is 111 cm³/mol. The van der Waals surface area contributed by atoms with Crippen molar-refractivity contribution in [2.75, 3.05) is 18.9 Å². The maximum absolute atomic E-state index is 14.5. The first-order valence-electron chi connectivity index (χ1n) is 9.90. The van der Waals surface area contributed by atoms with Crippen molar-refractivity contribution in [3.8, 4) is 0 Å². The van der Waals surface area contributed by atoms with Crippen LogP contribution in [0.1, 0.15) is 40.6 Å². The highest BCUT2D eigenvalue weighted by Crippen LogP contribution is 2.30. The SMILES string of the molecule is Cc1nc(NC(=O)c2cc3cnn(C)c3cc2F)cn2cc([C@H]3CCCN3C)nc12. The van der Waals surface area contributed by atoms with Crippen LogP contribution in [0.5, 0.6) is 0 Å². The molecule has 1 aliphatic heterocycles. The van der Waals surface area contributed by atoms with Crippen molar-refractivity contribution in [3.63, 3.8) is 0 Å². The number of aromatic nitrogens is 5. The maximum Gasteiger partial charge on any atom is 0.259 e. The topological polar surface area (TPSA) is 80.3 Å². The van der Waals surface area contributed by atoms with Crippen molar-refractivity contribution in [3.05, 3.63) is 53.5 Å². The van der Waals surface area contributed by atoms with Gasteiger partial charge in [0, 0.05) is 24.7 Å². The number of imidazole rings is 1. The van der Waals surface area contributed by atoms with Gasteiger partial charge in [-0.2, -0.15) is 5.10 Å². The van der Waals surface area contributed by atoms with E-state index in [2.05, 4.69) is 27.3 Å². The Morgan fingerprint density at radius 3 is 2.83 bits per heavy atom. The van der Waals surface area contributed by atoms with Gasteiger partial charge in [-0.25, -0.2) is 14.4 Å². The second-order valence-corrected chi connectivity index (χ2v) is 7.86. The van der Waals surface area contributed by atoms with E-state index in [1.807, 2.05) is 17.5 Å². The van der Waals surface area contributed by atoms with Crippen LogP contribution < -0.4 is 5.32 Å². The number of anilines is 1. The number of fused-ring (bicyclic) bond motifs is 2.